The monoisotopic (exact) mass is 296 g/mol. The number of thioether (sulfide) groups is 1. The molecule has 1 aromatic carbocycles. The van der Waals surface area contributed by atoms with Crippen LogP contribution in [0.2, 0.25) is 5.02 Å². The number of nitrogens with zero attached hydrogens (tertiary/aromatic N) is 1. The van der Waals surface area contributed by atoms with E-state index < -0.39 is 0 Å². The molecule has 1 aromatic heterocycles. The largest absolute Gasteiger partial charge is 0.312 e. The molecule has 0 amide bonds. The van der Waals surface area contributed by atoms with Crippen LogP contribution >= 0.6 is 23.4 Å². The molecule has 2 nitrogen and oxygen atoms in total. The number of pyridine rings is 1. The fourth-order valence-electron chi connectivity index (χ4n) is 1.68. The lowest BCUT2D eigenvalue weighted by atomic mass is 10.1. The predicted molar refractivity (Wildman–Crippen MR) is 78.2 cm³/mol. The summed E-state index contributed by atoms with van der Waals surface area (Å²) >= 11 is 7.53. The zero-order chi connectivity index (χ0) is 13.7. The first-order chi connectivity index (χ1) is 9.19. The molecule has 1 heterocycles. The topological polar surface area (TPSA) is 24.9 Å². The van der Waals surface area contributed by atoms with E-state index in [9.17, 15) is 4.39 Å². The molecular weight excluding hydrogens is 283 g/mol. The maximum atomic E-state index is 13.2. The van der Waals surface area contributed by atoms with Crippen molar-refractivity contribution >= 4 is 23.4 Å². The van der Waals surface area contributed by atoms with Crippen molar-refractivity contribution in [1.29, 1.82) is 0 Å². The summed E-state index contributed by atoms with van der Waals surface area (Å²) in [5.74, 6) is 0.484. The van der Waals surface area contributed by atoms with Crippen LogP contribution in [0.3, 0.4) is 0 Å². The molecule has 0 spiro atoms. The fraction of sp³-hybridized carbons (Fsp3) is 0.214. The Labute approximate surface area is 121 Å². The zero-order valence-corrected chi connectivity index (χ0v) is 12.0. The van der Waals surface area contributed by atoms with Crippen molar-refractivity contribution in [3.05, 3.63) is 59.1 Å². The van der Waals surface area contributed by atoms with Crippen molar-refractivity contribution in [1.82, 2.24) is 10.3 Å². The van der Waals surface area contributed by atoms with Crippen LogP contribution in [0.25, 0.3) is 0 Å². The van der Waals surface area contributed by atoms with Gasteiger partial charge in [0.05, 0.1) is 6.20 Å². The van der Waals surface area contributed by atoms with Crippen molar-refractivity contribution in [2.75, 3.05) is 12.8 Å². The summed E-state index contributed by atoms with van der Waals surface area (Å²) in [7, 11) is 1.86. The number of aromatic nitrogens is 1. The van der Waals surface area contributed by atoms with E-state index in [1.165, 1.54) is 12.3 Å². The molecule has 19 heavy (non-hydrogen) atoms. The third-order valence-electron chi connectivity index (χ3n) is 2.71. The van der Waals surface area contributed by atoms with E-state index in [4.69, 9.17) is 11.6 Å². The van der Waals surface area contributed by atoms with E-state index in [1.54, 1.807) is 18.0 Å². The van der Waals surface area contributed by atoms with Gasteiger partial charge >= 0.3 is 0 Å². The molecule has 2 aromatic rings. The van der Waals surface area contributed by atoms with Gasteiger partial charge in [-0.3, -0.25) is 4.98 Å². The summed E-state index contributed by atoms with van der Waals surface area (Å²) in [6, 6.07) is 9.25. The van der Waals surface area contributed by atoms with Crippen molar-refractivity contribution in [3.8, 4) is 0 Å². The highest BCUT2D eigenvalue weighted by Gasteiger charge is 2.11. The minimum Gasteiger partial charge on any atom is -0.312 e. The van der Waals surface area contributed by atoms with Gasteiger partial charge in [0.15, 0.2) is 0 Å². The van der Waals surface area contributed by atoms with E-state index in [0.717, 1.165) is 21.2 Å². The Morgan fingerprint density at radius 1 is 1.32 bits per heavy atom. The van der Waals surface area contributed by atoms with Gasteiger partial charge in [0, 0.05) is 27.9 Å². The number of halogens is 2. The molecule has 1 N–H and O–H groups in total. The summed E-state index contributed by atoms with van der Waals surface area (Å²) in [5, 5.41) is 3.90. The summed E-state index contributed by atoms with van der Waals surface area (Å²) < 4.78 is 13.2. The number of nitrogens with one attached hydrogen (secondary N) is 1. The molecule has 2 rings (SSSR count). The zero-order valence-electron chi connectivity index (χ0n) is 10.4. The van der Waals surface area contributed by atoms with Crippen LogP contribution in [-0.2, 0) is 0 Å². The molecular formula is C14H14ClFN2S. The second-order valence-corrected chi connectivity index (χ2v) is 5.57. The van der Waals surface area contributed by atoms with E-state index >= 15 is 0 Å². The lowest BCUT2D eigenvalue weighted by Gasteiger charge is -2.15. The second kappa shape index (κ2) is 6.89. The first-order valence-corrected chi connectivity index (χ1v) is 7.21. The van der Waals surface area contributed by atoms with Gasteiger partial charge in [-0.1, -0.05) is 11.6 Å². The third kappa shape index (κ3) is 4.20. The highest BCUT2D eigenvalue weighted by atomic mass is 35.5. The van der Waals surface area contributed by atoms with Gasteiger partial charge in [0.25, 0.3) is 0 Å². The average Bonchev–Trinajstić information content (AvgIpc) is 2.42. The molecule has 100 valence electrons. The number of rotatable bonds is 5. The molecule has 0 aliphatic heterocycles. The van der Waals surface area contributed by atoms with Crippen LogP contribution in [0.5, 0.6) is 0 Å². The van der Waals surface area contributed by atoms with E-state index in [2.05, 4.69) is 10.3 Å². The molecule has 0 saturated carbocycles. The molecule has 0 aliphatic carbocycles. The highest BCUT2D eigenvalue weighted by Crippen LogP contribution is 2.25. The van der Waals surface area contributed by atoms with Crippen LogP contribution in [-0.4, -0.2) is 17.8 Å². The van der Waals surface area contributed by atoms with Gasteiger partial charge in [-0.05, 0) is 42.9 Å². The predicted octanol–water partition coefficient (Wildman–Crippen LogP) is 3.93. The van der Waals surface area contributed by atoms with Gasteiger partial charge in [-0.15, -0.1) is 11.8 Å². The van der Waals surface area contributed by atoms with Gasteiger partial charge in [0.1, 0.15) is 5.82 Å². The lowest BCUT2D eigenvalue weighted by molar-refractivity contribution is 0.603. The van der Waals surface area contributed by atoms with E-state index in [-0.39, 0.29) is 11.9 Å². The summed E-state index contributed by atoms with van der Waals surface area (Å²) in [6.07, 6.45) is 2.90. The van der Waals surface area contributed by atoms with Gasteiger partial charge in [-0.25, -0.2) is 4.39 Å². The van der Waals surface area contributed by atoms with Gasteiger partial charge in [0.2, 0.25) is 0 Å². The molecule has 1 unspecified atom stereocenters. The molecule has 1 atom stereocenters. The Balaban J connectivity index is 2.01. The molecule has 0 aliphatic rings. The average molecular weight is 297 g/mol. The lowest BCUT2D eigenvalue weighted by Crippen LogP contribution is -2.19. The summed E-state index contributed by atoms with van der Waals surface area (Å²) in [6.45, 7) is 0. The molecule has 0 radical (unpaired) electrons. The Bertz CT molecular complexity index is 533. The molecule has 0 saturated heterocycles. The van der Waals surface area contributed by atoms with Crippen LogP contribution < -0.4 is 5.32 Å². The first-order valence-electron chi connectivity index (χ1n) is 5.85. The second-order valence-electron chi connectivity index (χ2n) is 4.04. The van der Waals surface area contributed by atoms with Crippen LogP contribution in [0.15, 0.2) is 47.6 Å². The Morgan fingerprint density at radius 3 is 2.68 bits per heavy atom. The van der Waals surface area contributed by atoms with Crippen molar-refractivity contribution < 1.29 is 4.39 Å². The van der Waals surface area contributed by atoms with Crippen LogP contribution in [0, 0.1) is 5.82 Å². The molecule has 0 fully saturated rings. The molecule has 5 heteroatoms. The normalized spacial score (nSPS) is 12.4. The third-order valence-corrected chi connectivity index (χ3v) is 4.06. The molecule has 0 bridgehead atoms. The number of hydrogen-bond acceptors (Lipinski definition) is 3. The highest BCUT2D eigenvalue weighted by molar-refractivity contribution is 7.99. The SMILES string of the molecule is CNC(CSc1ccc(Cl)cc1)c1cncc(F)c1. The Hall–Kier alpha value is -1.10. The van der Waals surface area contributed by atoms with Crippen LogP contribution in [0.4, 0.5) is 4.39 Å². The Kier molecular flexibility index (Phi) is 5.19. The summed E-state index contributed by atoms with van der Waals surface area (Å²) in [5.41, 5.74) is 0.851. The maximum Gasteiger partial charge on any atom is 0.141 e. The van der Waals surface area contributed by atoms with E-state index in [0.29, 0.717) is 0 Å². The first kappa shape index (κ1) is 14.3. The number of hydrogen-bond donors (Lipinski definition) is 1. The van der Waals surface area contributed by atoms with Crippen molar-refractivity contribution in [3.63, 3.8) is 0 Å². The van der Waals surface area contributed by atoms with Gasteiger partial charge in [-0.2, -0.15) is 0 Å². The minimum atomic E-state index is -0.311. The Morgan fingerprint density at radius 2 is 2.05 bits per heavy atom. The quantitative estimate of drug-likeness (QED) is 0.846. The summed E-state index contributed by atoms with van der Waals surface area (Å²) in [4.78, 5) is 5.01. The van der Waals surface area contributed by atoms with Crippen molar-refractivity contribution in [2.24, 2.45) is 0 Å². The van der Waals surface area contributed by atoms with Gasteiger partial charge < -0.3 is 5.32 Å². The maximum absolute atomic E-state index is 13.2. The van der Waals surface area contributed by atoms with E-state index in [1.807, 2.05) is 31.3 Å². The number of benzene rings is 1. The smallest absolute Gasteiger partial charge is 0.141 e. The minimum absolute atomic E-state index is 0.0591. The standard InChI is InChI=1S/C14H14ClFN2S/c1-17-14(10-6-12(16)8-18-7-10)9-19-13-4-2-11(15)3-5-13/h2-8,14,17H,9H2,1H3. The van der Waals surface area contributed by atoms with Crippen molar-refractivity contribution in [2.45, 2.75) is 10.9 Å². The fourth-order valence-corrected chi connectivity index (χ4v) is 2.85. The van der Waals surface area contributed by atoms with Crippen LogP contribution in [0.1, 0.15) is 11.6 Å².